The molecule has 2 aliphatic rings. The Bertz CT molecular complexity index is 594. The number of fused-ring (bicyclic) bond motifs is 1. The molecule has 1 aromatic carbocycles. The molecule has 2 heterocycles. The van der Waals surface area contributed by atoms with Crippen LogP contribution in [0.25, 0.3) is 0 Å². The lowest BCUT2D eigenvalue weighted by Gasteiger charge is -2.22. The summed E-state index contributed by atoms with van der Waals surface area (Å²) in [6.07, 6.45) is 1.13. The Morgan fingerprint density at radius 1 is 1.45 bits per heavy atom. The summed E-state index contributed by atoms with van der Waals surface area (Å²) in [6.45, 7) is 3.45. The van der Waals surface area contributed by atoms with E-state index >= 15 is 0 Å². The van der Waals surface area contributed by atoms with Crippen molar-refractivity contribution in [3.05, 3.63) is 22.7 Å². The van der Waals surface area contributed by atoms with E-state index in [0.717, 1.165) is 24.2 Å². The fourth-order valence-electron chi connectivity index (χ4n) is 2.63. The van der Waals surface area contributed by atoms with Crippen LogP contribution in [0.3, 0.4) is 0 Å². The first kappa shape index (κ1) is 13.4. The highest BCUT2D eigenvalue weighted by molar-refractivity contribution is 6.34. The van der Waals surface area contributed by atoms with Gasteiger partial charge in [0.15, 0.2) is 0 Å². The van der Waals surface area contributed by atoms with Crippen LogP contribution in [0.4, 0.5) is 11.4 Å². The zero-order valence-corrected chi connectivity index (χ0v) is 11.9. The smallest absolute Gasteiger partial charge is 0.231 e. The van der Waals surface area contributed by atoms with Gasteiger partial charge < -0.3 is 16.0 Å². The van der Waals surface area contributed by atoms with E-state index in [1.807, 2.05) is 6.92 Å². The van der Waals surface area contributed by atoms with E-state index < -0.39 is 5.41 Å². The number of benzene rings is 1. The highest BCUT2D eigenvalue weighted by Crippen LogP contribution is 2.34. The van der Waals surface area contributed by atoms with Gasteiger partial charge in [-0.15, -0.1) is 0 Å². The number of halogens is 1. The van der Waals surface area contributed by atoms with Crippen LogP contribution in [-0.2, 0) is 16.0 Å². The molecule has 6 heteroatoms. The molecule has 5 nitrogen and oxygen atoms in total. The summed E-state index contributed by atoms with van der Waals surface area (Å²) in [5.41, 5.74) is 1.76. The number of carbonyl (C=O) groups excluding carboxylic acids is 2. The molecule has 0 saturated carbocycles. The van der Waals surface area contributed by atoms with Crippen LogP contribution in [0, 0.1) is 5.41 Å². The van der Waals surface area contributed by atoms with Gasteiger partial charge in [0, 0.05) is 12.2 Å². The molecule has 1 saturated heterocycles. The second kappa shape index (κ2) is 4.75. The predicted molar refractivity (Wildman–Crippen MR) is 78.0 cm³/mol. The number of nitrogens with one attached hydrogen (secondary N) is 3. The summed E-state index contributed by atoms with van der Waals surface area (Å²) >= 11 is 6.17. The molecule has 20 heavy (non-hydrogen) atoms. The topological polar surface area (TPSA) is 70.2 Å². The Balaban J connectivity index is 1.83. The summed E-state index contributed by atoms with van der Waals surface area (Å²) in [5, 5.41) is 9.25. The molecule has 0 bridgehead atoms. The van der Waals surface area contributed by atoms with Gasteiger partial charge in [0.05, 0.1) is 22.5 Å². The molecule has 1 unspecified atom stereocenters. The molecule has 2 aliphatic heterocycles. The molecule has 1 fully saturated rings. The maximum Gasteiger partial charge on any atom is 0.231 e. The second-order valence-electron chi connectivity index (χ2n) is 5.66. The quantitative estimate of drug-likeness (QED) is 0.778. The molecule has 106 valence electrons. The van der Waals surface area contributed by atoms with Crippen LogP contribution in [0.5, 0.6) is 0 Å². The van der Waals surface area contributed by atoms with Crippen molar-refractivity contribution in [2.24, 2.45) is 5.41 Å². The fraction of sp³-hybridized carbons (Fsp3) is 0.429. The van der Waals surface area contributed by atoms with E-state index in [2.05, 4.69) is 16.0 Å². The average molecular weight is 294 g/mol. The van der Waals surface area contributed by atoms with E-state index in [4.69, 9.17) is 11.6 Å². The fourth-order valence-corrected chi connectivity index (χ4v) is 2.84. The van der Waals surface area contributed by atoms with Gasteiger partial charge in [0.1, 0.15) is 0 Å². The molecule has 0 aromatic heterocycles. The average Bonchev–Trinajstić information content (AvgIpc) is 2.96. The molecule has 1 atom stereocenters. The zero-order chi connectivity index (χ0) is 14.3. The Labute approximate surface area is 122 Å². The Morgan fingerprint density at radius 3 is 2.95 bits per heavy atom. The monoisotopic (exact) mass is 293 g/mol. The minimum Gasteiger partial charge on any atom is -0.325 e. The van der Waals surface area contributed by atoms with Crippen molar-refractivity contribution in [3.8, 4) is 0 Å². The van der Waals surface area contributed by atoms with Crippen molar-refractivity contribution in [3.63, 3.8) is 0 Å². The predicted octanol–water partition coefficient (Wildman–Crippen LogP) is 1.77. The van der Waals surface area contributed by atoms with Crippen LogP contribution in [-0.4, -0.2) is 24.9 Å². The Kier molecular flexibility index (Phi) is 3.18. The third kappa shape index (κ3) is 2.27. The third-order valence-electron chi connectivity index (χ3n) is 3.98. The van der Waals surface area contributed by atoms with E-state index in [0.29, 0.717) is 23.7 Å². The van der Waals surface area contributed by atoms with E-state index in [-0.39, 0.29) is 11.8 Å². The lowest BCUT2D eigenvalue weighted by Crippen LogP contribution is -2.35. The number of hydrogen-bond donors (Lipinski definition) is 3. The normalized spacial score (nSPS) is 24.4. The first-order valence-electron chi connectivity index (χ1n) is 6.62. The van der Waals surface area contributed by atoms with Crippen LogP contribution in [0.2, 0.25) is 5.02 Å². The maximum absolute atomic E-state index is 12.4. The van der Waals surface area contributed by atoms with Crippen molar-refractivity contribution in [1.29, 1.82) is 0 Å². The summed E-state index contributed by atoms with van der Waals surface area (Å²) in [5.74, 6) is -0.0897. The number of rotatable bonds is 2. The summed E-state index contributed by atoms with van der Waals surface area (Å²) in [7, 11) is 0. The molecular formula is C14H16ClN3O2. The minimum atomic E-state index is -0.406. The van der Waals surface area contributed by atoms with E-state index in [1.165, 1.54) is 0 Å². The van der Waals surface area contributed by atoms with Gasteiger partial charge >= 0.3 is 0 Å². The van der Waals surface area contributed by atoms with Gasteiger partial charge in [0.25, 0.3) is 0 Å². The second-order valence-corrected chi connectivity index (χ2v) is 6.06. The summed E-state index contributed by atoms with van der Waals surface area (Å²) in [4.78, 5) is 23.7. The Hall–Kier alpha value is -1.59. The van der Waals surface area contributed by atoms with Crippen molar-refractivity contribution in [1.82, 2.24) is 5.32 Å². The van der Waals surface area contributed by atoms with Crippen LogP contribution >= 0.6 is 11.6 Å². The first-order chi connectivity index (χ1) is 9.48. The standard InChI is InChI=1S/C14H16ClN3O2/c1-14(2-3-16-7-14)13(20)18-11-4-8-5-12(19)17-10(8)6-9(11)15/h4,6,16H,2-3,5,7H2,1H3,(H,17,19)(H,18,20). The van der Waals surface area contributed by atoms with Crippen molar-refractivity contribution in [2.45, 2.75) is 19.8 Å². The lowest BCUT2D eigenvalue weighted by atomic mass is 9.88. The van der Waals surface area contributed by atoms with Crippen LogP contribution < -0.4 is 16.0 Å². The molecule has 0 aliphatic carbocycles. The number of amides is 2. The first-order valence-corrected chi connectivity index (χ1v) is 7.00. The summed E-state index contributed by atoms with van der Waals surface area (Å²) in [6, 6.07) is 3.46. The molecule has 3 N–H and O–H groups in total. The molecule has 1 aromatic rings. The van der Waals surface area contributed by atoms with Crippen molar-refractivity contribution in [2.75, 3.05) is 23.7 Å². The van der Waals surface area contributed by atoms with Crippen LogP contribution in [0.1, 0.15) is 18.9 Å². The highest BCUT2D eigenvalue weighted by Gasteiger charge is 2.36. The zero-order valence-electron chi connectivity index (χ0n) is 11.2. The SMILES string of the molecule is CC1(C(=O)Nc2cc3c(cc2Cl)NC(=O)C3)CCNC1. The molecule has 0 radical (unpaired) electrons. The van der Waals surface area contributed by atoms with Gasteiger partial charge in [-0.05, 0) is 37.6 Å². The van der Waals surface area contributed by atoms with Gasteiger partial charge in [-0.25, -0.2) is 0 Å². The summed E-state index contributed by atoms with van der Waals surface area (Å²) < 4.78 is 0. The minimum absolute atomic E-state index is 0.0402. The molecule has 0 spiro atoms. The number of anilines is 2. The van der Waals surface area contributed by atoms with Gasteiger partial charge in [-0.1, -0.05) is 11.6 Å². The molecule has 2 amide bonds. The van der Waals surface area contributed by atoms with E-state index in [1.54, 1.807) is 12.1 Å². The van der Waals surface area contributed by atoms with Crippen molar-refractivity contribution >= 4 is 34.8 Å². The number of hydrogen-bond acceptors (Lipinski definition) is 3. The third-order valence-corrected chi connectivity index (χ3v) is 4.30. The van der Waals surface area contributed by atoms with Gasteiger partial charge in [-0.2, -0.15) is 0 Å². The van der Waals surface area contributed by atoms with E-state index in [9.17, 15) is 9.59 Å². The maximum atomic E-state index is 12.4. The van der Waals surface area contributed by atoms with Crippen LogP contribution in [0.15, 0.2) is 12.1 Å². The Morgan fingerprint density at radius 2 is 2.25 bits per heavy atom. The highest BCUT2D eigenvalue weighted by atomic mass is 35.5. The largest absolute Gasteiger partial charge is 0.325 e. The van der Waals surface area contributed by atoms with Crippen molar-refractivity contribution < 1.29 is 9.59 Å². The molecular weight excluding hydrogens is 278 g/mol. The number of carbonyl (C=O) groups is 2. The molecule has 3 rings (SSSR count). The lowest BCUT2D eigenvalue weighted by molar-refractivity contribution is -0.123. The van der Waals surface area contributed by atoms with Gasteiger partial charge in [0.2, 0.25) is 11.8 Å². The van der Waals surface area contributed by atoms with Gasteiger partial charge in [-0.3, -0.25) is 9.59 Å².